The van der Waals surface area contributed by atoms with Crippen LogP contribution >= 0.6 is 23.4 Å². The van der Waals surface area contributed by atoms with E-state index in [-0.39, 0.29) is 5.56 Å². The van der Waals surface area contributed by atoms with Crippen LogP contribution in [-0.2, 0) is 12.3 Å². The maximum Gasteiger partial charge on any atom is 0.262 e. The molecule has 0 saturated carbocycles. The summed E-state index contributed by atoms with van der Waals surface area (Å²) in [7, 11) is 0. The van der Waals surface area contributed by atoms with Crippen LogP contribution in [0.25, 0.3) is 16.7 Å². The average molecular weight is 372 g/mol. The molecule has 6 nitrogen and oxygen atoms in total. The van der Waals surface area contributed by atoms with Gasteiger partial charge in [-0.25, -0.2) is 4.98 Å². The number of halogens is 1. The van der Waals surface area contributed by atoms with E-state index >= 15 is 0 Å². The highest BCUT2D eigenvalue weighted by Gasteiger charge is 2.16. The topological polar surface area (TPSA) is 65.1 Å². The van der Waals surface area contributed by atoms with Crippen molar-refractivity contribution >= 4 is 40.0 Å². The lowest BCUT2D eigenvalue weighted by atomic mass is 10.2. The van der Waals surface area contributed by atoms with Gasteiger partial charge in [-0.3, -0.25) is 13.8 Å². The Balaban J connectivity index is 1.87. The summed E-state index contributed by atoms with van der Waals surface area (Å²) in [6.45, 7) is 2.46. The van der Waals surface area contributed by atoms with Crippen molar-refractivity contribution in [3.05, 3.63) is 63.8 Å². The Labute approximate surface area is 152 Å². The summed E-state index contributed by atoms with van der Waals surface area (Å²) < 4.78 is 3.57. The summed E-state index contributed by atoms with van der Waals surface area (Å²) >= 11 is 7.67. The number of rotatable bonds is 4. The Bertz CT molecular complexity index is 1140. The van der Waals surface area contributed by atoms with Crippen LogP contribution in [0.2, 0.25) is 5.02 Å². The van der Waals surface area contributed by atoms with Gasteiger partial charge in [-0.1, -0.05) is 35.5 Å². The van der Waals surface area contributed by atoms with Crippen LogP contribution in [0, 0.1) is 0 Å². The van der Waals surface area contributed by atoms with Gasteiger partial charge < -0.3 is 0 Å². The molecule has 3 aromatic heterocycles. The lowest BCUT2D eigenvalue weighted by Gasteiger charge is -2.09. The van der Waals surface area contributed by atoms with Gasteiger partial charge >= 0.3 is 0 Å². The van der Waals surface area contributed by atoms with Gasteiger partial charge in [0.05, 0.1) is 21.7 Å². The summed E-state index contributed by atoms with van der Waals surface area (Å²) in [6, 6.07) is 11.1. The van der Waals surface area contributed by atoms with Crippen molar-refractivity contribution in [1.29, 1.82) is 0 Å². The van der Waals surface area contributed by atoms with Gasteiger partial charge in [0.25, 0.3) is 5.56 Å². The zero-order valence-corrected chi connectivity index (χ0v) is 15.0. The minimum Gasteiger partial charge on any atom is -0.277 e. The number of nitrogens with zero attached hydrogens (tertiary/aromatic N) is 5. The lowest BCUT2D eigenvalue weighted by Crippen LogP contribution is -2.22. The number of hydrogen-bond donors (Lipinski definition) is 0. The first-order chi connectivity index (χ1) is 12.2. The fourth-order valence-corrected chi connectivity index (χ4v) is 3.88. The van der Waals surface area contributed by atoms with E-state index in [1.807, 2.05) is 41.7 Å². The molecular weight excluding hydrogens is 358 g/mol. The van der Waals surface area contributed by atoms with Crippen molar-refractivity contribution in [3.8, 4) is 0 Å². The third-order valence-electron chi connectivity index (χ3n) is 3.95. The van der Waals surface area contributed by atoms with Crippen LogP contribution in [0.1, 0.15) is 12.7 Å². The van der Waals surface area contributed by atoms with E-state index in [9.17, 15) is 4.79 Å². The van der Waals surface area contributed by atoms with Crippen LogP contribution < -0.4 is 5.56 Å². The van der Waals surface area contributed by atoms with Crippen molar-refractivity contribution in [2.75, 3.05) is 0 Å². The molecule has 0 amide bonds. The number of fused-ring (bicyclic) bond motifs is 3. The molecule has 0 atom stereocenters. The van der Waals surface area contributed by atoms with E-state index < -0.39 is 0 Å². The Morgan fingerprint density at radius 3 is 2.80 bits per heavy atom. The minimum absolute atomic E-state index is 0.0510. The summed E-state index contributed by atoms with van der Waals surface area (Å²) in [6.07, 6.45) is 1.71. The number of pyridine rings is 1. The van der Waals surface area contributed by atoms with Gasteiger partial charge in [-0.15, -0.1) is 10.2 Å². The molecule has 0 fully saturated rings. The van der Waals surface area contributed by atoms with E-state index in [4.69, 9.17) is 11.6 Å². The number of para-hydroxylation sites is 1. The Morgan fingerprint density at radius 2 is 2.00 bits per heavy atom. The molecule has 25 heavy (non-hydrogen) atoms. The Hall–Kier alpha value is -2.38. The fourth-order valence-electron chi connectivity index (χ4n) is 2.80. The second-order valence-corrected chi connectivity index (χ2v) is 6.77. The van der Waals surface area contributed by atoms with Crippen molar-refractivity contribution in [1.82, 2.24) is 24.1 Å². The van der Waals surface area contributed by atoms with E-state index in [0.29, 0.717) is 28.5 Å². The Kier molecular flexibility index (Phi) is 4.19. The largest absolute Gasteiger partial charge is 0.277 e. The third-order valence-corrected chi connectivity index (χ3v) is 5.37. The first-order valence-electron chi connectivity index (χ1n) is 7.79. The number of benzene rings is 1. The van der Waals surface area contributed by atoms with Crippen molar-refractivity contribution in [3.63, 3.8) is 0 Å². The molecule has 0 aliphatic heterocycles. The normalized spacial score (nSPS) is 11.4. The molecule has 0 bridgehead atoms. The predicted molar refractivity (Wildman–Crippen MR) is 99.2 cm³/mol. The monoisotopic (exact) mass is 371 g/mol. The highest BCUT2D eigenvalue weighted by atomic mass is 35.5. The maximum atomic E-state index is 12.7. The average Bonchev–Trinajstić information content (AvgIpc) is 3.05. The zero-order valence-electron chi connectivity index (χ0n) is 13.4. The minimum atomic E-state index is -0.0510. The highest BCUT2D eigenvalue weighted by molar-refractivity contribution is 7.98. The van der Waals surface area contributed by atoms with E-state index in [2.05, 4.69) is 15.2 Å². The van der Waals surface area contributed by atoms with Crippen molar-refractivity contribution in [2.24, 2.45) is 0 Å². The van der Waals surface area contributed by atoms with Gasteiger partial charge in [0.1, 0.15) is 10.9 Å². The van der Waals surface area contributed by atoms with E-state index in [0.717, 1.165) is 16.4 Å². The molecular formula is C17H14ClN5OS. The number of hydrogen-bond acceptors (Lipinski definition) is 5. The molecule has 0 spiro atoms. The van der Waals surface area contributed by atoms with E-state index in [1.54, 1.807) is 16.8 Å². The lowest BCUT2D eigenvalue weighted by molar-refractivity contribution is 0.735. The number of aryl methyl sites for hydroxylation is 1. The molecule has 0 N–H and O–H groups in total. The molecule has 1 aromatic carbocycles. The molecule has 126 valence electrons. The summed E-state index contributed by atoms with van der Waals surface area (Å²) in [5, 5.41) is 10.5. The maximum absolute atomic E-state index is 12.7. The second kappa shape index (κ2) is 6.50. The molecule has 0 unspecified atom stereocenters. The van der Waals surface area contributed by atoms with Crippen LogP contribution in [0.3, 0.4) is 0 Å². The molecule has 0 radical (unpaired) electrons. The standard InChI is InChI=1S/C17H14ClN5OS/c1-2-22-16(24)11-6-3-4-8-13(11)23-14(20-21-17(22)23)10-25-15-12(18)7-5-9-19-15/h3-9H,2,10H2,1H3. The zero-order chi connectivity index (χ0) is 17.4. The van der Waals surface area contributed by atoms with Crippen LogP contribution in [0.5, 0.6) is 0 Å². The van der Waals surface area contributed by atoms with Crippen LogP contribution in [-0.4, -0.2) is 24.1 Å². The molecule has 3 heterocycles. The number of thioether (sulfide) groups is 1. The molecule has 4 aromatic rings. The van der Waals surface area contributed by atoms with Gasteiger partial charge in [0.15, 0.2) is 0 Å². The van der Waals surface area contributed by atoms with Gasteiger partial charge in [0.2, 0.25) is 5.78 Å². The third kappa shape index (κ3) is 2.69. The summed E-state index contributed by atoms with van der Waals surface area (Å²) in [4.78, 5) is 16.9. The molecule has 8 heteroatoms. The molecule has 0 aliphatic carbocycles. The smallest absolute Gasteiger partial charge is 0.262 e. The van der Waals surface area contributed by atoms with Gasteiger partial charge in [-0.2, -0.15) is 0 Å². The summed E-state index contributed by atoms with van der Waals surface area (Å²) in [5.41, 5.74) is 0.755. The van der Waals surface area contributed by atoms with Crippen LogP contribution in [0.15, 0.2) is 52.4 Å². The quantitative estimate of drug-likeness (QED) is 0.514. The first-order valence-corrected chi connectivity index (χ1v) is 9.16. The molecule has 0 aliphatic rings. The highest BCUT2D eigenvalue weighted by Crippen LogP contribution is 2.27. The second-order valence-electron chi connectivity index (χ2n) is 5.40. The fraction of sp³-hybridized carbons (Fsp3) is 0.176. The Morgan fingerprint density at radius 1 is 1.16 bits per heavy atom. The van der Waals surface area contributed by atoms with E-state index in [1.165, 1.54) is 11.8 Å². The van der Waals surface area contributed by atoms with Crippen molar-refractivity contribution in [2.45, 2.75) is 24.2 Å². The van der Waals surface area contributed by atoms with Gasteiger partial charge in [-0.05, 0) is 31.2 Å². The number of aromatic nitrogens is 5. The van der Waals surface area contributed by atoms with Gasteiger partial charge in [0, 0.05) is 12.7 Å². The first kappa shape index (κ1) is 16.1. The predicted octanol–water partition coefficient (Wildman–Crippen LogP) is 3.40. The van der Waals surface area contributed by atoms with Crippen molar-refractivity contribution < 1.29 is 0 Å². The van der Waals surface area contributed by atoms with Crippen LogP contribution in [0.4, 0.5) is 0 Å². The molecule has 0 saturated heterocycles. The SMILES string of the molecule is CCn1c(=O)c2ccccc2n2c(CSc3ncccc3Cl)nnc12. The molecule has 4 rings (SSSR count). The summed E-state index contributed by atoms with van der Waals surface area (Å²) in [5.74, 6) is 1.85.